The van der Waals surface area contributed by atoms with Crippen LogP contribution >= 0.6 is 11.8 Å². The minimum absolute atomic E-state index is 0.195. The van der Waals surface area contributed by atoms with Crippen molar-refractivity contribution in [1.29, 1.82) is 0 Å². The maximum Gasteiger partial charge on any atom is 0.343 e. The average Bonchev–Trinajstić information content (AvgIpc) is 3.04. The number of thioether (sulfide) groups is 1. The first-order chi connectivity index (χ1) is 10.5. The molecular weight excluding hydrogens is 306 g/mol. The maximum absolute atomic E-state index is 12.3. The first-order valence-corrected chi connectivity index (χ1v) is 7.99. The Bertz CT molecular complexity index is 690. The van der Waals surface area contributed by atoms with Crippen molar-refractivity contribution in [3.8, 4) is 0 Å². The number of hydrogen-bond acceptors (Lipinski definition) is 6. The normalized spacial score (nSPS) is 12.3. The van der Waals surface area contributed by atoms with Crippen LogP contribution in [0.3, 0.4) is 0 Å². The van der Waals surface area contributed by atoms with E-state index in [4.69, 9.17) is 4.52 Å². The van der Waals surface area contributed by atoms with E-state index in [1.54, 1.807) is 17.6 Å². The molecule has 0 aliphatic heterocycles. The van der Waals surface area contributed by atoms with Gasteiger partial charge in [-0.25, -0.2) is 9.89 Å². The number of carbonyl (C=O) groups excluding carboxylic acids is 1. The van der Waals surface area contributed by atoms with Crippen molar-refractivity contribution >= 4 is 23.5 Å². The third-order valence-corrected chi connectivity index (χ3v) is 4.32. The van der Waals surface area contributed by atoms with Gasteiger partial charge in [-0.3, -0.25) is 9.36 Å². The molecule has 2 N–H and O–H groups in total. The molecule has 0 bridgehead atoms. The summed E-state index contributed by atoms with van der Waals surface area (Å²) in [5.74, 6) is 0.814. The number of rotatable bonds is 7. The molecule has 2 heterocycles. The molecule has 8 nitrogen and oxygen atoms in total. The van der Waals surface area contributed by atoms with Crippen molar-refractivity contribution in [2.75, 3.05) is 5.32 Å². The van der Waals surface area contributed by atoms with E-state index < -0.39 is 0 Å². The zero-order valence-corrected chi connectivity index (χ0v) is 13.6. The molecular formula is C13H19N5O3S. The molecule has 1 atom stereocenters. The second-order valence-electron chi connectivity index (χ2n) is 4.79. The van der Waals surface area contributed by atoms with Crippen LogP contribution in [0.2, 0.25) is 0 Å². The van der Waals surface area contributed by atoms with Crippen molar-refractivity contribution in [1.82, 2.24) is 19.9 Å². The van der Waals surface area contributed by atoms with Crippen LogP contribution in [-0.4, -0.2) is 31.1 Å². The predicted octanol–water partition coefficient (Wildman–Crippen LogP) is 1.79. The van der Waals surface area contributed by atoms with Crippen LogP contribution in [0.15, 0.2) is 20.5 Å². The summed E-state index contributed by atoms with van der Waals surface area (Å²) in [5.41, 5.74) is -0.258. The molecule has 2 aromatic heterocycles. The smallest absolute Gasteiger partial charge is 0.343 e. The highest BCUT2D eigenvalue weighted by molar-refractivity contribution is 8.00. The van der Waals surface area contributed by atoms with Crippen LogP contribution in [0.25, 0.3) is 0 Å². The Kier molecular flexibility index (Phi) is 5.42. The quantitative estimate of drug-likeness (QED) is 0.752. The van der Waals surface area contributed by atoms with Crippen molar-refractivity contribution < 1.29 is 9.32 Å². The van der Waals surface area contributed by atoms with E-state index in [0.717, 1.165) is 6.42 Å². The number of aryl methyl sites for hydroxylation is 1. The lowest BCUT2D eigenvalue weighted by molar-refractivity contribution is -0.115. The zero-order valence-electron chi connectivity index (χ0n) is 12.8. The van der Waals surface area contributed by atoms with Crippen LogP contribution < -0.4 is 11.0 Å². The van der Waals surface area contributed by atoms with Gasteiger partial charge in [0, 0.05) is 12.6 Å². The zero-order chi connectivity index (χ0) is 16.1. The Hall–Kier alpha value is -2.03. The van der Waals surface area contributed by atoms with Gasteiger partial charge in [0.25, 0.3) is 0 Å². The van der Waals surface area contributed by atoms with Gasteiger partial charge in [0.1, 0.15) is 5.76 Å². The number of hydrogen-bond donors (Lipinski definition) is 2. The Morgan fingerprint density at radius 2 is 2.32 bits per heavy atom. The summed E-state index contributed by atoms with van der Waals surface area (Å²) in [6.45, 7) is 6.20. The summed E-state index contributed by atoms with van der Waals surface area (Å²) < 4.78 is 6.46. The van der Waals surface area contributed by atoms with Crippen LogP contribution in [0.1, 0.15) is 32.4 Å². The lowest BCUT2D eigenvalue weighted by Gasteiger charge is -2.13. The van der Waals surface area contributed by atoms with E-state index in [2.05, 4.69) is 20.7 Å². The predicted molar refractivity (Wildman–Crippen MR) is 82.9 cm³/mol. The monoisotopic (exact) mass is 325 g/mol. The maximum atomic E-state index is 12.3. The third-order valence-electron chi connectivity index (χ3n) is 2.96. The van der Waals surface area contributed by atoms with Gasteiger partial charge in [-0.05, 0) is 19.8 Å². The van der Waals surface area contributed by atoms with Gasteiger partial charge in [-0.2, -0.15) is 0 Å². The summed E-state index contributed by atoms with van der Waals surface area (Å²) in [4.78, 5) is 24.0. The molecule has 0 spiro atoms. The number of aromatic amines is 1. The molecule has 0 radical (unpaired) electrons. The topological polar surface area (TPSA) is 106 Å². The fraction of sp³-hybridized carbons (Fsp3) is 0.538. The number of aromatic nitrogens is 4. The number of nitrogens with zero attached hydrogens (tertiary/aromatic N) is 3. The molecule has 0 saturated heterocycles. The van der Waals surface area contributed by atoms with Gasteiger partial charge in [0.15, 0.2) is 11.0 Å². The minimum atomic E-state index is -0.372. The van der Waals surface area contributed by atoms with Gasteiger partial charge < -0.3 is 9.84 Å². The number of amides is 1. The molecule has 0 aromatic carbocycles. The first-order valence-electron chi connectivity index (χ1n) is 7.11. The van der Waals surface area contributed by atoms with Crippen molar-refractivity contribution in [3.05, 3.63) is 22.3 Å². The molecule has 0 unspecified atom stereocenters. The van der Waals surface area contributed by atoms with Crippen LogP contribution in [0.5, 0.6) is 0 Å². The van der Waals surface area contributed by atoms with Gasteiger partial charge in [0.2, 0.25) is 5.91 Å². The van der Waals surface area contributed by atoms with Gasteiger partial charge in [-0.15, -0.1) is 5.10 Å². The van der Waals surface area contributed by atoms with Crippen molar-refractivity contribution in [2.24, 2.45) is 0 Å². The Morgan fingerprint density at radius 3 is 2.91 bits per heavy atom. The van der Waals surface area contributed by atoms with Gasteiger partial charge in [0.05, 0.1) is 5.25 Å². The summed E-state index contributed by atoms with van der Waals surface area (Å²) in [5, 5.41) is 13.0. The second kappa shape index (κ2) is 7.30. The summed E-state index contributed by atoms with van der Waals surface area (Å²) in [7, 11) is 0. The van der Waals surface area contributed by atoms with Crippen molar-refractivity contribution in [3.63, 3.8) is 0 Å². The van der Waals surface area contributed by atoms with E-state index in [9.17, 15) is 9.59 Å². The molecule has 0 fully saturated rings. The Labute approximate surface area is 131 Å². The van der Waals surface area contributed by atoms with Crippen LogP contribution in [0, 0.1) is 6.92 Å². The number of anilines is 1. The average molecular weight is 325 g/mol. The van der Waals surface area contributed by atoms with Crippen LogP contribution in [0.4, 0.5) is 5.82 Å². The van der Waals surface area contributed by atoms with Gasteiger partial charge >= 0.3 is 5.69 Å². The highest BCUT2D eigenvalue weighted by atomic mass is 32.2. The second-order valence-corrected chi connectivity index (χ2v) is 5.96. The molecule has 0 saturated carbocycles. The molecule has 2 aromatic rings. The lowest BCUT2D eigenvalue weighted by atomic mass is 10.3. The Morgan fingerprint density at radius 1 is 1.55 bits per heavy atom. The molecule has 0 aliphatic rings. The van der Waals surface area contributed by atoms with E-state index in [1.165, 1.54) is 11.8 Å². The fourth-order valence-corrected chi connectivity index (χ4v) is 2.88. The van der Waals surface area contributed by atoms with Gasteiger partial charge in [-0.1, -0.05) is 30.8 Å². The van der Waals surface area contributed by atoms with Crippen molar-refractivity contribution in [2.45, 2.75) is 50.6 Å². The lowest BCUT2D eigenvalue weighted by Crippen LogP contribution is -2.26. The van der Waals surface area contributed by atoms with E-state index in [-0.39, 0.29) is 16.8 Å². The summed E-state index contributed by atoms with van der Waals surface area (Å²) in [6, 6.07) is 1.65. The fourth-order valence-electron chi connectivity index (χ4n) is 1.90. The van der Waals surface area contributed by atoms with Crippen LogP contribution in [-0.2, 0) is 11.3 Å². The van der Waals surface area contributed by atoms with E-state index in [0.29, 0.717) is 29.7 Å². The Balaban J connectivity index is 2.08. The molecule has 120 valence electrons. The van der Waals surface area contributed by atoms with E-state index >= 15 is 0 Å². The first kappa shape index (κ1) is 16.3. The molecule has 22 heavy (non-hydrogen) atoms. The highest BCUT2D eigenvalue weighted by Crippen LogP contribution is 2.24. The largest absolute Gasteiger partial charge is 0.360 e. The minimum Gasteiger partial charge on any atom is -0.360 e. The summed E-state index contributed by atoms with van der Waals surface area (Å²) >= 11 is 1.26. The SMILES string of the molecule is CCCn1c(S[C@H](CC)C(=O)Nc2cc(C)on2)n[nH]c1=O. The number of nitrogens with one attached hydrogen (secondary N) is 2. The highest BCUT2D eigenvalue weighted by Gasteiger charge is 2.22. The molecule has 2 rings (SSSR count). The third kappa shape index (κ3) is 3.79. The summed E-state index contributed by atoms with van der Waals surface area (Å²) in [6.07, 6.45) is 1.41. The number of H-pyrrole nitrogens is 1. The standard InChI is InChI=1S/C13H19N5O3S/c1-4-6-18-12(20)15-16-13(18)22-9(5-2)11(19)14-10-7-8(3)21-17-10/h7,9H,4-6H2,1-3H3,(H,15,20)(H,14,17,19)/t9-/m1/s1. The molecule has 1 amide bonds. The van der Waals surface area contributed by atoms with E-state index in [1.807, 2.05) is 13.8 Å². The number of carbonyl (C=O) groups is 1. The molecule has 0 aliphatic carbocycles. The molecule has 9 heteroatoms.